The van der Waals surface area contributed by atoms with Crippen LogP contribution in [0.1, 0.15) is 37.9 Å². The van der Waals surface area contributed by atoms with Gasteiger partial charge in [-0.05, 0) is 44.4 Å². The number of benzene rings is 2. The van der Waals surface area contributed by atoms with Crippen LogP contribution >= 0.6 is 0 Å². The molecule has 1 unspecified atom stereocenters. The van der Waals surface area contributed by atoms with Crippen LogP contribution in [0.4, 0.5) is 4.79 Å². The summed E-state index contributed by atoms with van der Waals surface area (Å²) in [5, 5.41) is 6.76. The lowest BCUT2D eigenvalue weighted by atomic mass is 10.1. The van der Waals surface area contributed by atoms with Gasteiger partial charge in [0.2, 0.25) is 5.91 Å². The Morgan fingerprint density at radius 3 is 2.45 bits per heavy atom. The highest BCUT2D eigenvalue weighted by Crippen LogP contribution is 2.18. The number of nitrogens with one attached hydrogen (secondary N) is 3. The summed E-state index contributed by atoms with van der Waals surface area (Å²) in [6.07, 6.45) is 2.02. The Kier molecular flexibility index (Phi) is 6.22. The number of hydrogen-bond donors (Lipinski definition) is 3. The molecule has 2 aromatic carbocycles. The number of fused-ring (bicyclic) bond motifs is 1. The minimum absolute atomic E-state index is 0.276. The van der Waals surface area contributed by atoms with Gasteiger partial charge >= 0.3 is 6.09 Å². The van der Waals surface area contributed by atoms with Crippen molar-refractivity contribution < 1.29 is 14.3 Å². The summed E-state index contributed by atoms with van der Waals surface area (Å²) in [5.74, 6) is -0.276. The summed E-state index contributed by atoms with van der Waals surface area (Å²) in [6, 6.07) is 16.4. The lowest BCUT2D eigenvalue weighted by Gasteiger charge is -2.23. The van der Waals surface area contributed by atoms with E-state index in [0.717, 1.165) is 16.5 Å². The lowest BCUT2D eigenvalue weighted by Crippen LogP contribution is -2.43. The Labute approximate surface area is 170 Å². The largest absolute Gasteiger partial charge is 0.444 e. The third-order valence-corrected chi connectivity index (χ3v) is 4.42. The molecule has 3 rings (SSSR count). The smallest absolute Gasteiger partial charge is 0.408 e. The maximum Gasteiger partial charge on any atom is 0.408 e. The van der Waals surface area contributed by atoms with Crippen LogP contribution in [0, 0.1) is 0 Å². The van der Waals surface area contributed by atoms with Crippen LogP contribution in [-0.4, -0.2) is 29.1 Å². The van der Waals surface area contributed by atoms with Gasteiger partial charge in [0.1, 0.15) is 11.6 Å². The molecular weight excluding hydrogens is 366 g/mol. The average Bonchev–Trinajstić information content (AvgIpc) is 3.08. The van der Waals surface area contributed by atoms with Crippen LogP contribution in [0.15, 0.2) is 60.8 Å². The zero-order valence-electron chi connectivity index (χ0n) is 17.0. The zero-order chi connectivity index (χ0) is 20.9. The summed E-state index contributed by atoms with van der Waals surface area (Å²) in [5.41, 5.74) is 2.26. The van der Waals surface area contributed by atoms with Gasteiger partial charge in [-0.1, -0.05) is 48.5 Å². The number of ether oxygens (including phenoxy) is 1. The number of carbonyl (C=O) groups excluding carboxylic acids is 2. The van der Waals surface area contributed by atoms with Crippen LogP contribution in [0.3, 0.4) is 0 Å². The van der Waals surface area contributed by atoms with Crippen molar-refractivity contribution in [2.45, 2.75) is 38.8 Å². The molecule has 0 fully saturated rings. The quantitative estimate of drug-likeness (QED) is 0.590. The predicted molar refractivity (Wildman–Crippen MR) is 114 cm³/mol. The SMILES string of the molecule is CC(C)(C)OC(=O)NC(C(=O)NCCc1c[nH]c2ccccc12)c1ccccc1. The highest BCUT2D eigenvalue weighted by Gasteiger charge is 2.25. The molecule has 1 atom stereocenters. The number of aromatic nitrogens is 1. The third kappa shape index (κ3) is 5.60. The van der Waals surface area contributed by atoms with E-state index in [-0.39, 0.29) is 5.91 Å². The minimum atomic E-state index is -0.825. The number of aromatic amines is 1. The van der Waals surface area contributed by atoms with Crippen molar-refractivity contribution in [1.29, 1.82) is 0 Å². The molecular formula is C23H27N3O3. The molecule has 0 saturated heterocycles. The summed E-state index contributed by atoms with van der Waals surface area (Å²) >= 11 is 0. The number of carbonyl (C=O) groups is 2. The van der Waals surface area contributed by atoms with Gasteiger partial charge in [0, 0.05) is 23.6 Å². The molecule has 3 aromatic rings. The Morgan fingerprint density at radius 2 is 1.72 bits per heavy atom. The molecule has 1 heterocycles. The number of para-hydroxylation sites is 1. The first kappa shape index (κ1) is 20.5. The second-order valence-corrected chi connectivity index (χ2v) is 7.89. The van der Waals surface area contributed by atoms with E-state index in [1.807, 2.05) is 42.6 Å². The molecule has 6 nitrogen and oxygen atoms in total. The fourth-order valence-corrected chi connectivity index (χ4v) is 3.13. The molecule has 0 saturated carbocycles. The first-order valence-corrected chi connectivity index (χ1v) is 9.71. The first-order valence-electron chi connectivity index (χ1n) is 9.71. The number of alkyl carbamates (subject to hydrolysis) is 1. The zero-order valence-corrected chi connectivity index (χ0v) is 17.0. The van der Waals surface area contributed by atoms with Gasteiger partial charge in [-0.15, -0.1) is 0 Å². The van der Waals surface area contributed by atoms with Gasteiger partial charge in [0.15, 0.2) is 0 Å². The third-order valence-electron chi connectivity index (χ3n) is 4.42. The van der Waals surface area contributed by atoms with Gasteiger partial charge in [-0.25, -0.2) is 4.79 Å². The highest BCUT2D eigenvalue weighted by molar-refractivity contribution is 5.87. The molecule has 152 valence electrons. The molecule has 6 heteroatoms. The van der Waals surface area contributed by atoms with Crippen molar-refractivity contribution >= 4 is 22.9 Å². The predicted octanol–water partition coefficient (Wildman–Crippen LogP) is 4.09. The van der Waals surface area contributed by atoms with E-state index in [2.05, 4.69) is 21.7 Å². The van der Waals surface area contributed by atoms with E-state index in [9.17, 15) is 9.59 Å². The first-order chi connectivity index (χ1) is 13.8. The van der Waals surface area contributed by atoms with E-state index >= 15 is 0 Å². The van der Waals surface area contributed by atoms with Crippen LogP contribution in [0.2, 0.25) is 0 Å². The maximum absolute atomic E-state index is 12.8. The Hall–Kier alpha value is -3.28. The normalized spacial score (nSPS) is 12.4. The molecule has 29 heavy (non-hydrogen) atoms. The lowest BCUT2D eigenvalue weighted by molar-refractivity contribution is -0.123. The van der Waals surface area contributed by atoms with Crippen molar-refractivity contribution in [3.8, 4) is 0 Å². The molecule has 0 aliphatic rings. The Bertz CT molecular complexity index is 974. The average molecular weight is 393 g/mol. The molecule has 0 radical (unpaired) electrons. The van der Waals surface area contributed by atoms with Crippen LogP contribution in [-0.2, 0) is 16.0 Å². The Morgan fingerprint density at radius 1 is 1.03 bits per heavy atom. The summed E-state index contributed by atoms with van der Waals surface area (Å²) < 4.78 is 5.32. The molecule has 0 aliphatic carbocycles. The van der Waals surface area contributed by atoms with Crippen molar-refractivity contribution in [2.24, 2.45) is 0 Å². The van der Waals surface area contributed by atoms with Crippen molar-refractivity contribution in [3.05, 3.63) is 71.9 Å². The van der Waals surface area contributed by atoms with Crippen LogP contribution in [0.25, 0.3) is 10.9 Å². The van der Waals surface area contributed by atoms with E-state index in [0.29, 0.717) is 18.5 Å². The van der Waals surface area contributed by atoms with Crippen LogP contribution in [0.5, 0.6) is 0 Å². The summed E-state index contributed by atoms with van der Waals surface area (Å²) in [4.78, 5) is 28.3. The van der Waals surface area contributed by atoms with E-state index in [4.69, 9.17) is 4.74 Å². The molecule has 3 N–H and O–H groups in total. The molecule has 1 aromatic heterocycles. The van der Waals surface area contributed by atoms with Gasteiger partial charge in [0.05, 0.1) is 0 Å². The topological polar surface area (TPSA) is 83.2 Å². The van der Waals surface area contributed by atoms with Crippen molar-refractivity contribution in [3.63, 3.8) is 0 Å². The number of hydrogen-bond acceptors (Lipinski definition) is 3. The minimum Gasteiger partial charge on any atom is -0.444 e. The molecule has 0 aliphatic heterocycles. The number of H-pyrrole nitrogens is 1. The second-order valence-electron chi connectivity index (χ2n) is 7.89. The van der Waals surface area contributed by atoms with E-state index in [1.54, 1.807) is 32.9 Å². The summed E-state index contributed by atoms with van der Waals surface area (Å²) in [6.45, 7) is 5.81. The van der Waals surface area contributed by atoms with Gasteiger partial charge in [0.25, 0.3) is 0 Å². The van der Waals surface area contributed by atoms with Gasteiger partial charge in [-0.2, -0.15) is 0 Å². The van der Waals surface area contributed by atoms with Gasteiger partial charge < -0.3 is 20.4 Å². The monoisotopic (exact) mass is 393 g/mol. The fourth-order valence-electron chi connectivity index (χ4n) is 3.13. The maximum atomic E-state index is 12.8. The highest BCUT2D eigenvalue weighted by atomic mass is 16.6. The molecule has 0 bridgehead atoms. The van der Waals surface area contributed by atoms with Crippen LogP contribution < -0.4 is 10.6 Å². The number of rotatable bonds is 6. The second kappa shape index (κ2) is 8.82. The standard InChI is InChI=1S/C23H27N3O3/c1-23(2,3)29-22(28)26-20(16-9-5-4-6-10-16)21(27)24-14-13-17-15-25-19-12-8-7-11-18(17)19/h4-12,15,20,25H,13-14H2,1-3H3,(H,24,27)(H,26,28). The molecule has 0 spiro atoms. The van der Waals surface area contributed by atoms with Gasteiger partial charge in [-0.3, -0.25) is 4.79 Å². The van der Waals surface area contributed by atoms with Crippen molar-refractivity contribution in [2.75, 3.05) is 6.54 Å². The van der Waals surface area contributed by atoms with Crippen molar-refractivity contribution in [1.82, 2.24) is 15.6 Å². The Balaban J connectivity index is 1.65. The fraction of sp³-hybridized carbons (Fsp3) is 0.304. The summed E-state index contributed by atoms with van der Waals surface area (Å²) in [7, 11) is 0. The van der Waals surface area contributed by atoms with E-state index < -0.39 is 17.7 Å². The van der Waals surface area contributed by atoms with E-state index in [1.165, 1.54) is 0 Å². The molecule has 2 amide bonds. The number of amides is 2.